The Kier molecular flexibility index (Phi) is 2.72. The first-order chi connectivity index (χ1) is 10.2. The van der Waals surface area contributed by atoms with Gasteiger partial charge in [0.2, 0.25) is 0 Å². The molecule has 106 valence electrons. The summed E-state index contributed by atoms with van der Waals surface area (Å²) in [4.78, 5) is 16.5. The van der Waals surface area contributed by atoms with Crippen LogP contribution in [0.15, 0.2) is 22.7 Å². The maximum atomic E-state index is 12.3. The summed E-state index contributed by atoms with van der Waals surface area (Å²) in [6, 6.07) is 4.54. The second kappa shape index (κ2) is 4.61. The second-order valence-corrected chi connectivity index (χ2v) is 5.73. The summed E-state index contributed by atoms with van der Waals surface area (Å²) in [7, 11) is 0. The normalized spacial score (nSPS) is 26.9. The van der Waals surface area contributed by atoms with Crippen molar-refractivity contribution in [3.05, 3.63) is 29.8 Å². The van der Waals surface area contributed by atoms with E-state index in [-0.39, 0.29) is 11.9 Å². The van der Waals surface area contributed by atoms with Gasteiger partial charge in [-0.05, 0) is 25.2 Å². The minimum atomic E-state index is -0.157. The molecule has 2 aliphatic rings. The standard InChI is InChI=1S/C16H15N3O2/c1-2-11-5-9-8-17-14(7-15(9)21-11)16(20)19-13-6-10-3-4-12(13)18-10/h1,5,7-8,10,12-13,18H,3-4,6H2,(H,19,20)/t10-,12+,13-/m1/s1. The highest BCUT2D eigenvalue weighted by Gasteiger charge is 2.39. The van der Waals surface area contributed by atoms with Crippen LogP contribution in [0.2, 0.25) is 0 Å². The van der Waals surface area contributed by atoms with Gasteiger partial charge in [0.25, 0.3) is 5.91 Å². The van der Waals surface area contributed by atoms with E-state index >= 15 is 0 Å². The third kappa shape index (κ3) is 2.08. The molecule has 2 N–H and O–H groups in total. The van der Waals surface area contributed by atoms with Crippen LogP contribution in [0.5, 0.6) is 0 Å². The van der Waals surface area contributed by atoms with Crippen molar-refractivity contribution in [2.45, 2.75) is 37.4 Å². The van der Waals surface area contributed by atoms with Gasteiger partial charge < -0.3 is 15.1 Å². The summed E-state index contributed by atoms with van der Waals surface area (Å²) in [6.07, 6.45) is 10.3. The molecule has 2 saturated heterocycles. The molecule has 0 radical (unpaired) electrons. The van der Waals surface area contributed by atoms with Crippen molar-refractivity contribution < 1.29 is 9.21 Å². The zero-order valence-electron chi connectivity index (χ0n) is 11.4. The Morgan fingerprint density at radius 2 is 2.38 bits per heavy atom. The van der Waals surface area contributed by atoms with Crippen LogP contribution < -0.4 is 10.6 Å². The number of terminal acetylenes is 1. The number of aromatic nitrogens is 1. The molecule has 2 aromatic heterocycles. The van der Waals surface area contributed by atoms with Crippen LogP contribution in [0.4, 0.5) is 0 Å². The molecule has 0 spiro atoms. The monoisotopic (exact) mass is 281 g/mol. The van der Waals surface area contributed by atoms with Crippen LogP contribution in [0, 0.1) is 12.3 Å². The van der Waals surface area contributed by atoms with Gasteiger partial charge in [0.1, 0.15) is 11.3 Å². The number of rotatable bonds is 2. The number of nitrogens with one attached hydrogen (secondary N) is 2. The topological polar surface area (TPSA) is 67.2 Å². The third-order valence-corrected chi connectivity index (χ3v) is 4.39. The average Bonchev–Trinajstić information content (AvgIpc) is 3.20. The number of nitrogens with zero attached hydrogens (tertiary/aromatic N) is 1. The largest absolute Gasteiger partial charge is 0.448 e. The van der Waals surface area contributed by atoms with Crippen molar-refractivity contribution in [1.82, 2.24) is 15.6 Å². The number of carbonyl (C=O) groups excluding carboxylic acids is 1. The van der Waals surface area contributed by atoms with E-state index in [1.165, 1.54) is 6.42 Å². The number of fused-ring (bicyclic) bond motifs is 3. The second-order valence-electron chi connectivity index (χ2n) is 5.73. The molecule has 5 heteroatoms. The lowest BCUT2D eigenvalue weighted by Gasteiger charge is -2.21. The molecule has 4 rings (SSSR count). The van der Waals surface area contributed by atoms with E-state index in [2.05, 4.69) is 21.5 Å². The molecule has 2 aromatic rings. The van der Waals surface area contributed by atoms with E-state index in [4.69, 9.17) is 10.8 Å². The predicted octanol–water partition coefficient (Wildman–Crippen LogP) is 1.43. The van der Waals surface area contributed by atoms with Gasteiger partial charge in [-0.15, -0.1) is 6.42 Å². The fourth-order valence-electron chi connectivity index (χ4n) is 3.35. The fourth-order valence-corrected chi connectivity index (χ4v) is 3.35. The van der Waals surface area contributed by atoms with E-state index in [1.54, 1.807) is 18.3 Å². The van der Waals surface area contributed by atoms with E-state index in [1.807, 2.05) is 0 Å². The molecule has 0 aliphatic carbocycles. The Morgan fingerprint density at radius 1 is 1.48 bits per heavy atom. The lowest BCUT2D eigenvalue weighted by atomic mass is 9.95. The Balaban J connectivity index is 1.55. The summed E-state index contributed by atoms with van der Waals surface area (Å²) in [5.74, 6) is 2.73. The van der Waals surface area contributed by atoms with E-state index in [0.717, 1.165) is 18.2 Å². The van der Waals surface area contributed by atoms with Crippen molar-refractivity contribution >= 4 is 16.9 Å². The number of pyridine rings is 1. The number of amides is 1. The average molecular weight is 281 g/mol. The van der Waals surface area contributed by atoms with Crippen molar-refractivity contribution in [2.24, 2.45) is 0 Å². The maximum Gasteiger partial charge on any atom is 0.270 e. The van der Waals surface area contributed by atoms with Crippen LogP contribution in [0.1, 0.15) is 35.5 Å². The quantitative estimate of drug-likeness (QED) is 0.817. The minimum Gasteiger partial charge on any atom is -0.448 e. The number of furan rings is 1. The summed E-state index contributed by atoms with van der Waals surface area (Å²) < 4.78 is 5.46. The zero-order chi connectivity index (χ0) is 14.4. The molecule has 0 unspecified atom stereocenters. The number of carbonyl (C=O) groups is 1. The van der Waals surface area contributed by atoms with Gasteiger partial charge >= 0.3 is 0 Å². The third-order valence-electron chi connectivity index (χ3n) is 4.39. The molecule has 4 heterocycles. The molecular weight excluding hydrogens is 266 g/mol. The van der Waals surface area contributed by atoms with E-state index < -0.39 is 0 Å². The molecule has 2 fully saturated rings. The smallest absolute Gasteiger partial charge is 0.270 e. The summed E-state index contributed by atoms with van der Waals surface area (Å²) in [5.41, 5.74) is 0.956. The first-order valence-corrected chi connectivity index (χ1v) is 7.16. The van der Waals surface area contributed by atoms with Gasteiger partial charge in [0.15, 0.2) is 5.76 Å². The number of hydrogen-bond acceptors (Lipinski definition) is 4. The molecule has 1 amide bonds. The van der Waals surface area contributed by atoms with Gasteiger partial charge in [-0.3, -0.25) is 9.78 Å². The van der Waals surface area contributed by atoms with Gasteiger partial charge in [-0.1, -0.05) is 0 Å². The van der Waals surface area contributed by atoms with Gasteiger partial charge in [-0.2, -0.15) is 0 Å². The van der Waals surface area contributed by atoms with Gasteiger partial charge in [0.05, 0.1) is 0 Å². The Labute approximate surface area is 122 Å². The lowest BCUT2D eigenvalue weighted by Crippen LogP contribution is -2.43. The van der Waals surface area contributed by atoms with Crippen molar-refractivity contribution in [3.8, 4) is 12.3 Å². The predicted molar refractivity (Wildman–Crippen MR) is 77.8 cm³/mol. The summed E-state index contributed by atoms with van der Waals surface area (Å²) >= 11 is 0. The van der Waals surface area contributed by atoms with E-state index in [0.29, 0.717) is 29.1 Å². The summed E-state index contributed by atoms with van der Waals surface area (Å²) in [5, 5.41) is 7.37. The maximum absolute atomic E-state index is 12.3. The molecule has 2 bridgehead atoms. The molecule has 0 aromatic carbocycles. The Bertz CT molecular complexity index is 758. The highest BCUT2D eigenvalue weighted by Crippen LogP contribution is 2.28. The van der Waals surface area contributed by atoms with Gasteiger partial charge in [-0.25, -0.2) is 0 Å². The summed E-state index contributed by atoms with van der Waals surface area (Å²) in [6.45, 7) is 0. The molecular formula is C16H15N3O2. The van der Waals surface area contributed by atoms with Crippen LogP contribution in [0.25, 0.3) is 11.0 Å². The SMILES string of the molecule is C#Cc1cc2cnc(C(=O)N[C@@H]3C[C@H]4CC[C@@H]3N4)cc2o1. The van der Waals surface area contributed by atoms with E-state index in [9.17, 15) is 4.79 Å². The molecule has 0 saturated carbocycles. The Hall–Kier alpha value is -2.32. The van der Waals surface area contributed by atoms with Crippen LogP contribution in [0.3, 0.4) is 0 Å². The molecule has 2 aliphatic heterocycles. The highest BCUT2D eigenvalue weighted by molar-refractivity contribution is 5.95. The van der Waals surface area contributed by atoms with Gasteiger partial charge in [0, 0.05) is 41.8 Å². The first-order valence-electron chi connectivity index (χ1n) is 7.16. The Morgan fingerprint density at radius 3 is 3.10 bits per heavy atom. The molecule has 21 heavy (non-hydrogen) atoms. The lowest BCUT2D eigenvalue weighted by molar-refractivity contribution is 0.0926. The van der Waals surface area contributed by atoms with Crippen molar-refractivity contribution in [3.63, 3.8) is 0 Å². The minimum absolute atomic E-state index is 0.157. The molecule has 3 atom stereocenters. The fraction of sp³-hybridized carbons (Fsp3) is 0.375. The molecule has 5 nitrogen and oxygen atoms in total. The highest BCUT2D eigenvalue weighted by atomic mass is 16.3. The van der Waals surface area contributed by atoms with Crippen molar-refractivity contribution in [1.29, 1.82) is 0 Å². The van der Waals surface area contributed by atoms with Crippen molar-refractivity contribution in [2.75, 3.05) is 0 Å². The number of hydrogen-bond donors (Lipinski definition) is 2. The van der Waals surface area contributed by atoms with Crippen LogP contribution in [-0.2, 0) is 0 Å². The first kappa shape index (κ1) is 12.4. The zero-order valence-corrected chi connectivity index (χ0v) is 11.4. The van der Waals surface area contributed by atoms with Crippen LogP contribution in [-0.4, -0.2) is 29.0 Å². The van der Waals surface area contributed by atoms with Crippen LogP contribution >= 0.6 is 0 Å².